The van der Waals surface area contributed by atoms with E-state index in [1.807, 2.05) is 12.3 Å². The highest BCUT2D eigenvalue weighted by molar-refractivity contribution is 7.13. The zero-order valence-electron chi connectivity index (χ0n) is 14.8. The summed E-state index contributed by atoms with van der Waals surface area (Å²) < 4.78 is 78.0. The second-order valence-electron chi connectivity index (χ2n) is 6.08. The molecule has 3 rings (SSSR count). The summed E-state index contributed by atoms with van der Waals surface area (Å²) in [5.74, 6) is 0. The molecule has 0 spiro atoms. The summed E-state index contributed by atoms with van der Waals surface area (Å²) in [5, 5.41) is 6.44. The number of nitrogens with one attached hydrogen (secondary N) is 1. The van der Waals surface area contributed by atoms with Crippen LogP contribution in [0.15, 0.2) is 52.9 Å². The summed E-state index contributed by atoms with van der Waals surface area (Å²) in [4.78, 5) is 4.16. The number of hydrogen-bond acceptors (Lipinski definition) is 4. The van der Waals surface area contributed by atoms with Gasteiger partial charge in [-0.3, -0.25) is 5.43 Å². The van der Waals surface area contributed by atoms with Gasteiger partial charge in [0, 0.05) is 5.38 Å². The monoisotopic (exact) mass is 429 g/mol. The molecule has 0 amide bonds. The molecule has 3 aromatic rings. The molecule has 0 saturated heterocycles. The third-order valence-electron chi connectivity index (χ3n) is 3.82. The Morgan fingerprint density at radius 3 is 1.97 bits per heavy atom. The summed E-state index contributed by atoms with van der Waals surface area (Å²) in [6.07, 6.45) is -8.31. The Hall–Kier alpha value is -2.88. The predicted octanol–water partition coefficient (Wildman–Crippen LogP) is 6.60. The van der Waals surface area contributed by atoms with Gasteiger partial charge in [0.2, 0.25) is 5.13 Å². The third kappa shape index (κ3) is 5.35. The van der Waals surface area contributed by atoms with Crippen LogP contribution in [0.3, 0.4) is 0 Å². The molecule has 0 saturated carbocycles. The summed E-state index contributed by atoms with van der Waals surface area (Å²) in [7, 11) is 0. The predicted molar refractivity (Wildman–Crippen MR) is 99.9 cm³/mol. The van der Waals surface area contributed by atoms with Crippen LogP contribution in [0, 0.1) is 6.92 Å². The van der Waals surface area contributed by atoms with E-state index in [0.717, 1.165) is 5.69 Å². The van der Waals surface area contributed by atoms with E-state index in [-0.39, 0.29) is 17.2 Å². The lowest BCUT2D eigenvalue weighted by molar-refractivity contribution is -0.143. The van der Waals surface area contributed by atoms with Gasteiger partial charge in [-0.2, -0.15) is 31.4 Å². The number of aromatic nitrogens is 1. The number of hydrogen-bond donors (Lipinski definition) is 1. The maximum atomic E-state index is 13.0. The smallest absolute Gasteiger partial charge is 0.253 e. The number of rotatable bonds is 4. The van der Waals surface area contributed by atoms with Crippen LogP contribution in [-0.2, 0) is 12.4 Å². The Balaban J connectivity index is 1.85. The lowest BCUT2D eigenvalue weighted by Crippen LogP contribution is -2.11. The van der Waals surface area contributed by atoms with Gasteiger partial charge in [0.15, 0.2) is 0 Å². The molecule has 0 atom stereocenters. The molecule has 0 aliphatic heterocycles. The zero-order valence-corrected chi connectivity index (χ0v) is 15.6. The maximum Gasteiger partial charge on any atom is 0.416 e. The second kappa shape index (κ2) is 7.86. The molecular weight excluding hydrogens is 416 g/mol. The average molecular weight is 429 g/mol. The van der Waals surface area contributed by atoms with E-state index in [1.54, 1.807) is 12.1 Å². The van der Waals surface area contributed by atoms with Gasteiger partial charge in [0.05, 0.1) is 23.0 Å². The van der Waals surface area contributed by atoms with Crippen molar-refractivity contribution in [2.24, 2.45) is 5.10 Å². The molecule has 1 N–H and O–H groups in total. The van der Waals surface area contributed by atoms with Crippen LogP contribution in [-0.4, -0.2) is 11.2 Å². The normalized spacial score (nSPS) is 12.5. The van der Waals surface area contributed by atoms with Gasteiger partial charge >= 0.3 is 12.4 Å². The van der Waals surface area contributed by atoms with Crippen molar-refractivity contribution >= 4 is 22.7 Å². The third-order valence-corrected chi connectivity index (χ3v) is 4.69. The molecule has 0 unspecified atom stereocenters. The fraction of sp³-hybridized carbons (Fsp3) is 0.158. The number of halogens is 6. The maximum absolute atomic E-state index is 13.0. The molecule has 0 aliphatic carbocycles. The topological polar surface area (TPSA) is 37.3 Å². The minimum absolute atomic E-state index is 0.108. The fourth-order valence-electron chi connectivity index (χ4n) is 2.45. The van der Waals surface area contributed by atoms with Gasteiger partial charge in [-0.25, -0.2) is 4.98 Å². The van der Waals surface area contributed by atoms with Crippen LogP contribution in [0.2, 0.25) is 0 Å². The summed E-state index contributed by atoms with van der Waals surface area (Å²) in [5.41, 5.74) is 1.54. The number of alkyl halides is 6. The molecule has 3 nitrogen and oxygen atoms in total. The van der Waals surface area contributed by atoms with Crippen LogP contribution in [0.5, 0.6) is 0 Å². The van der Waals surface area contributed by atoms with Crippen molar-refractivity contribution in [1.29, 1.82) is 0 Å². The lowest BCUT2D eigenvalue weighted by atomic mass is 9.98. The van der Waals surface area contributed by atoms with Crippen molar-refractivity contribution < 1.29 is 26.3 Å². The Bertz CT molecular complexity index is 987. The minimum atomic E-state index is -4.89. The van der Waals surface area contributed by atoms with Crippen LogP contribution in [0.4, 0.5) is 31.5 Å². The van der Waals surface area contributed by atoms with E-state index in [2.05, 4.69) is 15.5 Å². The van der Waals surface area contributed by atoms with Crippen LogP contribution in [0.25, 0.3) is 11.1 Å². The van der Waals surface area contributed by atoms with Crippen molar-refractivity contribution in [3.8, 4) is 11.1 Å². The number of aryl methyl sites for hydroxylation is 1. The van der Waals surface area contributed by atoms with Crippen molar-refractivity contribution in [2.45, 2.75) is 19.3 Å². The van der Waals surface area contributed by atoms with Gasteiger partial charge in [-0.15, -0.1) is 11.3 Å². The van der Waals surface area contributed by atoms with E-state index in [1.165, 1.54) is 29.7 Å². The molecule has 0 aliphatic rings. The average Bonchev–Trinajstić information content (AvgIpc) is 3.06. The van der Waals surface area contributed by atoms with Gasteiger partial charge < -0.3 is 0 Å². The second-order valence-corrected chi connectivity index (χ2v) is 6.94. The Kier molecular flexibility index (Phi) is 5.65. The molecule has 29 heavy (non-hydrogen) atoms. The van der Waals surface area contributed by atoms with Crippen molar-refractivity contribution in [3.05, 3.63) is 70.2 Å². The van der Waals surface area contributed by atoms with Gasteiger partial charge in [-0.05, 0) is 41.8 Å². The first-order chi connectivity index (χ1) is 13.5. The van der Waals surface area contributed by atoms with Crippen LogP contribution in [0.1, 0.15) is 22.4 Å². The Morgan fingerprint density at radius 2 is 1.48 bits per heavy atom. The lowest BCUT2D eigenvalue weighted by Gasteiger charge is -2.14. The zero-order chi connectivity index (χ0) is 21.2. The highest BCUT2D eigenvalue weighted by atomic mass is 32.1. The van der Waals surface area contributed by atoms with E-state index in [4.69, 9.17) is 0 Å². The molecule has 2 aromatic carbocycles. The van der Waals surface area contributed by atoms with E-state index < -0.39 is 23.5 Å². The minimum Gasteiger partial charge on any atom is -0.253 e. The first-order valence-electron chi connectivity index (χ1n) is 8.13. The molecule has 0 fully saturated rings. The summed E-state index contributed by atoms with van der Waals surface area (Å²) in [6, 6.07) is 7.46. The highest BCUT2D eigenvalue weighted by Crippen LogP contribution is 2.38. The molecule has 0 radical (unpaired) electrons. The van der Waals surface area contributed by atoms with Crippen LogP contribution >= 0.6 is 11.3 Å². The van der Waals surface area contributed by atoms with Crippen molar-refractivity contribution in [1.82, 2.24) is 4.98 Å². The summed E-state index contributed by atoms with van der Waals surface area (Å²) >= 11 is 1.37. The molecule has 152 valence electrons. The van der Waals surface area contributed by atoms with Crippen molar-refractivity contribution in [3.63, 3.8) is 0 Å². The number of nitrogens with zero attached hydrogens (tertiary/aromatic N) is 2. The fourth-order valence-corrected chi connectivity index (χ4v) is 3.09. The van der Waals surface area contributed by atoms with E-state index in [0.29, 0.717) is 22.8 Å². The SMILES string of the molecule is Cc1csc(NN=Cc2ccc(-c3cc(C(F)(F)F)cc(C(F)(F)F)c3)cc2)n1. The molecule has 1 aromatic heterocycles. The molecular formula is C19H13F6N3S. The number of hydrazone groups is 1. The molecule has 0 bridgehead atoms. The van der Waals surface area contributed by atoms with Crippen LogP contribution < -0.4 is 5.43 Å². The standard InChI is InChI=1S/C19H13F6N3S/c1-11-10-29-17(27-11)28-26-9-12-2-4-13(5-3-12)14-6-15(18(20,21)22)8-16(7-14)19(23,24)25/h2-10H,1H3,(H,27,28). The largest absolute Gasteiger partial charge is 0.416 e. The van der Waals surface area contributed by atoms with Gasteiger partial charge in [0.25, 0.3) is 0 Å². The number of benzene rings is 2. The quantitative estimate of drug-likeness (QED) is 0.288. The Morgan fingerprint density at radius 1 is 0.897 bits per heavy atom. The first kappa shape index (κ1) is 20.8. The molecule has 10 heteroatoms. The van der Waals surface area contributed by atoms with Gasteiger partial charge in [-0.1, -0.05) is 24.3 Å². The molecule has 1 heterocycles. The highest BCUT2D eigenvalue weighted by Gasteiger charge is 2.36. The summed E-state index contributed by atoms with van der Waals surface area (Å²) in [6.45, 7) is 1.84. The first-order valence-corrected chi connectivity index (χ1v) is 9.01. The van der Waals surface area contributed by atoms with Crippen molar-refractivity contribution in [2.75, 3.05) is 5.43 Å². The van der Waals surface area contributed by atoms with E-state index in [9.17, 15) is 26.3 Å². The number of anilines is 1. The Labute approximate surface area is 165 Å². The van der Waals surface area contributed by atoms with E-state index >= 15 is 0 Å². The van der Waals surface area contributed by atoms with Gasteiger partial charge in [0.1, 0.15) is 0 Å². The number of thiazole rings is 1.